The van der Waals surface area contributed by atoms with Gasteiger partial charge < -0.3 is 15.0 Å². The van der Waals surface area contributed by atoms with Crippen LogP contribution in [0.2, 0.25) is 5.02 Å². The molecule has 0 fully saturated rings. The van der Waals surface area contributed by atoms with Crippen LogP contribution in [-0.2, 0) is 16.1 Å². The number of amides is 2. The molecule has 1 atom stereocenters. The number of hydrogen-bond acceptors (Lipinski definition) is 3. The topological polar surface area (TPSA) is 58.6 Å². The number of carbonyl (C=O) groups is 2. The van der Waals surface area contributed by atoms with Crippen molar-refractivity contribution < 1.29 is 14.3 Å². The van der Waals surface area contributed by atoms with Gasteiger partial charge in [0.05, 0.1) is 0 Å². The first-order valence-corrected chi connectivity index (χ1v) is 9.70. The second kappa shape index (κ2) is 10.1. The third-order valence-electron chi connectivity index (χ3n) is 4.34. The summed E-state index contributed by atoms with van der Waals surface area (Å²) in [5, 5.41) is 3.39. The fourth-order valence-electron chi connectivity index (χ4n) is 2.94. The van der Waals surface area contributed by atoms with Gasteiger partial charge in [-0.15, -0.1) is 0 Å². The van der Waals surface area contributed by atoms with E-state index in [1.54, 1.807) is 19.1 Å². The minimum atomic E-state index is -0.619. The predicted molar refractivity (Wildman–Crippen MR) is 112 cm³/mol. The molecule has 6 heteroatoms. The van der Waals surface area contributed by atoms with Crippen molar-refractivity contribution in [1.29, 1.82) is 0 Å². The first-order chi connectivity index (χ1) is 13.3. The summed E-state index contributed by atoms with van der Waals surface area (Å²) >= 11 is 5.94. The van der Waals surface area contributed by atoms with Gasteiger partial charge in [0, 0.05) is 18.1 Å². The van der Waals surface area contributed by atoms with E-state index < -0.39 is 6.04 Å². The molecule has 2 aromatic carbocycles. The highest BCUT2D eigenvalue weighted by Gasteiger charge is 2.26. The first kappa shape index (κ1) is 21.8. The number of rotatable bonds is 8. The monoisotopic (exact) mass is 402 g/mol. The van der Waals surface area contributed by atoms with Gasteiger partial charge in [-0.1, -0.05) is 29.8 Å². The van der Waals surface area contributed by atoms with E-state index in [0.717, 1.165) is 16.7 Å². The van der Waals surface area contributed by atoms with Gasteiger partial charge in [0.1, 0.15) is 11.8 Å². The van der Waals surface area contributed by atoms with Gasteiger partial charge in [0.15, 0.2) is 6.61 Å². The smallest absolute Gasteiger partial charge is 0.261 e. The Hall–Kier alpha value is -2.53. The highest BCUT2D eigenvalue weighted by Crippen LogP contribution is 2.17. The molecule has 2 aromatic rings. The van der Waals surface area contributed by atoms with Crippen molar-refractivity contribution in [3.05, 3.63) is 64.2 Å². The molecule has 28 heavy (non-hydrogen) atoms. The van der Waals surface area contributed by atoms with Crippen molar-refractivity contribution in [2.75, 3.05) is 13.2 Å². The third kappa shape index (κ3) is 6.27. The minimum Gasteiger partial charge on any atom is -0.484 e. The average Bonchev–Trinajstić information content (AvgIpc) is 2.64. The van der Waals surface area contributed by atoms with E-state index in [2.05, 4.69) is 5.32 Å². The first-order valence-electron chi connectivity index (χ1n) is 9.33. The molecular formula is C22H27ClN2O3. The maximum Gasteiger partial charge on any atom is 0.261 e. The molecule has 0 aromatic heterocycles. The Labute approximate surface area is 171 Å². The molecule has 0 unspecified atom stereocenters. The minimum absolute atomic E-state index is 0.139. The highest BCUT2D eigenvalue weighted by molar-refractivity contribution is 6.30. The number of hydrogen-bond donors (Lipinski definition) is 1. The van der Waals surface area contributed by atoms with Crippen molar-refractivity contribution in [1.82, 2.24) is 10.2 Å². The van der Waals surface area contributed by atoms with Crippen LogP contribution in [0.5, 0.6) is 5.75 Å². The zero-order chi connectivity index (χ0) is 20.7. The van der Waals surface area contributed by atoms with E-state index >= 15 is 0 Å². The lowest BCUT2D eigenvalue weighted by Gasteiger charge is -2.28. The number of aryl methyl sites for hydroxylation is 2. The SMILES string of the molecule is CCNC(=O)[C@H](C)N(Cc1ccc(Cl)cc1)C(=O)COc1cc(C)cc(C)c1. The molecule has 0 aliphatic rings. The van der Waals surface area contributed by atoms with Crippen LogP contribution in [0, 0.1) is 13.8 Å². The van der Waals surface area contributed by atoms with E-state index in [9.17, 15) is 9.59 Å². The van der Waals surface area contributed by atoms with Crippen molar-refractivity contribution in [2.24, 2.45) is 0 Å². The Morgan fingerprint density at radius 2 is 1.71 bits per heavy atom. The molecule has 2 rings (SSSR count). The number of nitrogens with one attached hydrogen (secondary N) is 1. The van der Waals surface area contributed by atoms with E-state index in [4.69, 9.17) is 16.3 Å². The second-order valence-electron chi connectivity index (χ2n) is 6.83. The van der Waals surface area contributed by atoms with Crippen LogP contribution in [0.3, 0.4) is 0 Å². The summed E-state index contributed by atoms with van der Waals surface area (Å²) in [5.41, 5.74) is 3.02. The summed E-state index contributed by atoms with van der Waals surface area (Å²) in [6.07, 6.45) is 0. The fourth-order valence-corrected chi connectivity index (χ4v) is 3.06. The summed E-state index contributed by atoms with van der Waals surface area (Å²) in [7, 11) is 0. The maximum atomic E-state index is 12.9. The van der Waals surface area contributed by atoms with Crippen molar-refractivity contribution in [3.63, 3.8) is 0 Å². The lowest BCUT2D eigenvalue weighted by Crippen LogP contribution is -2.49. The van der Waals surface area contributed by atoms with Crippen LogP contribution in [0.4, 0.5) is 0 Å². The molecule has 150 valence electrons. The lowest BCUT2D eigenvalue weighted by atomic mass is 10.1. The molecule has 5 nitrogen and oxygen atoms in total. The van der Waals surface area contributed by atoms with Crippen molar-refractivity contribution >= 4 is 23.4 Å². The summed E-state index contributed by atoms with van der Waals surface area (Å²) in [6, 6.07) is 12.4. The van der Waals surface area contributed by atoms with E-state index in [-0.39, 0.29) is 18.4 Å². The van der Waals surface area contributed by atoms with E-state index in [1.165, 1.54) is 4.90 Å². The molecule has 0 heterocycles. The molecule has 0 radical (unpaired) electrons. The molecule has 0 bridgehead atoms. The number of halogens is 1. The summed E-state index contributed by atoms with van der Waals surface area (Å²) in [6.45, 7) is 8.18. The highest BCUT2D eigenvalue weighted by atomic mass is 35.5. The molecule has 0 saturated heterocycles. The van der Waals surface area contributed by atoms with Gasteiger partial charge >= 0.3 is 0 Å². The lowest BCUT2D eigenvalue weighted by molar-refractivity contribution is -0.142. The summed E-state index contributed by atoms with van der Waals surface area (Å²) in [4.78, 5) is 26.8. The number of ether oxygens (including phenoxy) is 1. The van der Waals surface area contributed by atoms with E-state index in [0.29, 0.717) is 23.9 Å². The zero-order valence-corrected chi connectivity index (χ0v) is 17.5. The normalized spacial score (nSPS) is 11.6. The van der Waals surface area contributed by atoms with Crippen LogP contribution >= 0.6 is 11.6 Å². The Morgan fingerprint density at radius 3 is 2.29 bits per heavy atom. The number of carbonyl (C=O) groups excluding carboxylic acids is 2. The number of likely N-dealkylation sites (N-methyl/N-ethyl adjacent to an activating group) is 1. The Kier molecular flexibility index (Phi) is 7.88. The van der Waals surface area contributed by atoms with Crippen LogP contribution in [0.15, 0.2) is 42.5 Å². The standard InChI is InChI=1S/C22H27ClN2O3/c1-5-24-22(27)17(4)25(13-18-6-8-19(23)9-7-18)21(26)14-28-20-11-15(2)10-16(3)12-20/h6-12,17H,5,13-14H2,1-4H3,(H,24,27)/t17-/m0/s1. The second-order valence-corrected chi connectivity index (χ2v) is 7.27. The fraction of sp³-hybridized carbons (Fsp3) is 0.364. The van der Waals surface area contributed by atoms with E-state index in [1.807, 2.05) is 51.1 Å². The Balaban J connectivity index is 2.14. The predicted octanol–water partition coefficient (Wildman–Crippen LogP) is 3.89. The molecular weight excluding hydrogens is 376 g/mol. The van der Waals surface area contributed by atoms with Gasteiger partial charge in [-0.25, -0.2) is 0 Å². The van der Waals surface area contributed by atoms with Gasteiger partial charge in [-0.3, -0.25) is 9.59 Å². The number of nitrogens with zero attached hydrogens (tertiary/aromatic N) is 1. The summed E-state index contributed by atoms with van der Waals surface area (Å²) in [5.74, 6) is 0.187. The molecule has 1 N–H and O–H groups in total. The van der Waals surface area contributed by atoms with Crippen LogP contribution in [0.25, 0.3) is 0 Å². The number of benzene rings is 2. The largest absolute Gasteiger partial charge is 0.484 e. The van der Waals surface area contributed by atoms with Crippen molar-refractivity contribution in [3.8, 4) is 5.75 Å². The molecule has 0 spiro atoms. The van der Waals surface area contributed by atoms with Gasteiger partial charge in [0.25, 0.3) is 5.91 Å². The van der Waals surface area contributed by atoms with Crippen molar-refractivity contribution in [2.45, 2.75) is 40.3 Å². The molecule has 0 saturated carbocycles. The summed E-state index contributed by atoms with van der Waals surface area (Å²) < 4.78 is 5.71. The average molecular weight is 403 g/mol. The maximum absolute atomic E-state index is 12.9. The van der Waals surface area contributed by atoms with Crippen LogP contribution in [0.1, 0.15) is 30.5 Å². The Morgan fingerprint density at radius 1 is 1.11 bits per heavy atom. The van der Waals surface area contributed by atoms with Gasteiger partial charge in [-0.05, 0) is 68.7 Å². The quantitative estimate of drug-likeness (QED) is 0.728. The molecule has 2 amide bonds. The molecule has 0 aliphatic carbocycles. The van der Waals surface area contributed by atoms with Gasteiger partial charge in [0.2, 0.25) is 5.91 Å². The molecule has 0 aliphatic heterocycles. The zero-order valence-electron chi connectivity index (χ0n) is 16.8. The van der Waals surface area contributed by atoms with Crippen LogP contribution < -0.4 is 10.1 Å². The third-order valence-corrected chi connectivity index (χ3v) is 4.59. The van der Waals surface area contributed by atoms with Crippen LogP contribution in [-0.4, -0.2) is 35.9 Å². The Bertz CT molecular complexity index is 801. The van der Waals surface area contributed by atoms with Gasteiger partial charge in [-0.2, -0.15) is 0 Å².